The first kappa shape index (κ1) is 17.0. The summed E-state index contributed by atoms with van der Waals surface area (Å²) in [6.45, 7) is 3.26. The SMILES string of the molecule is CCC(C)(Oc1ccc(C(=O)c2ccc(Cl)cc2)cc1)C(=O)O. The molecule has 1 unspecified atom stereocenters. The van der Waals surface area contributed by atoms with E-state index in [9.17, 15) is 14.7 Å². The number of ketones is 1. The van der Waals surface area contributed by atoms with Crippen LogP contribution in [0.1, 0.15) is 36.2 Å². The van der Waals surface area contributed by atoms with Gasteiger partial charge in [0, 0.05) is 16.1 Å². The molecule has 0 aromatic heterocycles. The second kappa shape index (κ2) is 6.84. The van der Waals surface area contributed by atoms with E-state index in [-0.39, 0.29) is 5.78 Å². The minimum absolute atomic E-state index is 0.135. The van der Waals surface area contributed by atoms with Gasteiger partial charge in [0.1, 0.15) is 5.75 Å². The van der Waals surface area contributed by atoms with Gasteiger partial charge in [0.25, 0.3) is 0 Å². The van der Waals surface area contributed by atoms with Crippen LogP contribution >= 0.6 is 11.6 Å². The highest BCUT2D eigenvalue weighted by molar-refractivity contribution is 6.30. The molecule has 0 aliphatic rings. The Hall–Kier alpha value is -2.33. The monoisotopic (exact) mass is 332 g/mol. The smallest absolute Gasteiger partial charge is 0.347 e. The number of benzene rings is 2. The van der Waals surface area contributed by atoms with E-state index in [0.29, 0.717) is 28.3 Å². The molecule has 2 aromatic rings. The zero-order valence-corrected chi connectivity index (χ0v) is 13.6. The van der Waals surface area contributed by atoms with Gasteiger partial charge in [-0.3, -0.25) is 4.79 Å². The Kier molecular flexibility index (Phi) is 5.06. The van der Waals surface area contributed by atoms with Gasteiger partial charge < -0.3 is 9.84 Å². The maximum absolute atomic E-state index is 12.3. The summed E-state index contributed by atoms with van der Waals surface area (Å²) in [7, 11) is 0. The molecule has 23 heavy (non-hydrogen) atoms. The molecule has 0 aliphatic heterocycles. The first-order chi connectivity index (χ1) is 10.9. The average Bonchev–Trinajstić information content (AvgIpc) is 2.55. The predicted molar refractivity (Wildman–Crippen MR) is 88.3 cm³/mol. The molecule has 2 rings (SSSR count). The van der Waals surface area contributed by atoms with Gasteiger partial charge in [-0.25, -0.2) is 4.79 Å². The summed E-state index contributed by atoms with van der Waals surface area (Å²) < 4.78 is 5.54. The van der Waals surface area contributed by atoms with Crippen molar-refractivity contribution in [3.63, 3.8) is 0 Å². The van der Waals surface area contributed by atoms with Crippen molar-refractivity contribution in [1.82, 2.24) is 0 Å². The van der Waals surface area contributed by atoms with E-state index in [1.54, 1.807) is 55.5 Å². The van der Waals surface area contributed by atoms with Crippen LogP contribution in [0.4, 0.5) is 0 Å². The molecule has 1 N–H and O–H groups in total. The van der Waals surface area contributed by atoms with Crippen molar-refractivity contribution >= 4 is 23.4 Å². The lowest BCUT2D eigenvalue weighted by Gasteiger charge is -2.24. The van der Waals surface area contributed by atoms with Gasteiger partial charge in [-0.1, -0.05) is 18.5 Å². The van der Waals surface area contributed by atoms with Crippen molar-refractivity contribution in [1.29, 1.82) is 0 Å². The Morgan fingerprint density at radius 3 is 1.96 bits per heavy atom. The maximum atomic E-state index is 12.3. The molecule has 2 aromatic carbocycles. The molecule has 0 saturated carbocycles. The summed E-state index contributed by atoms with van der Waals surface area (Å²) in [6.07, 6.45) is 0.327. The number of hydrogen-bond acceptors (Lipinski definition) is 3. The van der Waals surface area contributed by atoms with Gasteiger partial charge in [0.15, 0.2) is 5.78 Å². The van der Waals surface area contributed by atoms with Crippen LogP contribution < -0.4 is 4.74 Å². The molecule has 4 nitrogen and oxygen atoms in total. The molecule has 0 radical (unpaired) electrons. The highest BCUT2D eigenvalue weighted by Crippen LogP contribution is 2.23. The van der Waals surface area contributed by atoms with Crippen LogP contribution in [0.3, 0.4) is 0 Å². The third kappa shape index (κ3) is 3.90. The highest BCUT2D eigenvalue weighted by Gasteiger charge is 2.33. The molecule has 5 heteroatoms. The number of carboxylic acids is 1. The van der Waals surface area contributed by atoms with E-state index in [2.05, 4.69) is 0 Å². The number of carbonyl (C=O) groups is 2. The molecule has 0 fully saturated rings. The zero-order valence-electron chi connectivity index (χ0n) is 12.9. The van der Waals surface area contributed by atoms with Crippen molar-refractivity contribution in [2.75, 3.05) is 0 Å². The van der Waals surface area contributed by atoms with Crippen LogP contribution in [0.15, 0.2) is 48.5 Å². The van der Waals surface area contributed by atoms with Crippen molar-refractivity contribution < 1.29 is 19.4 Å². The van der Waals surface area contributed by atoms with Gasteiger partial charge in [-0.2, -0.15) is 0 Å². The number of aliphatic carboxylic acids is 1. The summed E-state index contributed by atoms with van der Waals surface area (Å²) in [5, 5.41) is 9.79. The molecule has 1 atom stereocenters. The lowest BCUT2D eigenvalue weighted by molar-refractivity contribution is -0.154. The standard InChI is InChI=1S/C18H17ClO4/c1-3-18(2,17(21)22)23-15-10-6-13(7-11-15)16(20)12-4-8-14(19)9-5-12/h4-11H,3H2,1-2H3,(H,21,22). The van der Waals surface area contributed by atoms with Crippen LogP contribution in [0.2, 0.25) is 5.02 Å². The first-order valence-corrected chi connectivity index (χ1v) is 7.56. The fourth-order valence-electron chi connectivity index (χ4n) is 1.97. The van der Waals surface area contributed by atoms with Gasteiger partial charge in [0.2, 0.25) is 5.60 Å². The number of carboxylic acid groups (broad SMARTS) is 1. The molecule has 0 aliphatic carbocycles. The summed E-state index contributed by atoms with van der Waals surface area (Å²) >= 11 is 5.81. The third-order valence-corrected chi connectivity index (χ3v) is 3.95. The summed E-state index contributed by atoms with van der Waals surface area (Å²) in [6, 6.07) is 13.1. The van der Waals surface area contributed by atoms with Gasteiger partial charge in [0.05, 0.1) is 0 Å². The van der Waals surface area contributed by atoms with E-state index in [0.717, 1.165) is 0 Å². The van der Waals surface area contributed by atoms with E-state index < -0.39 is 11.6 Å². The van der Waals surface area contributed by atoms with Crippen molar-refractivity contribution in [3.05, 3.63) is 64.7 Å². The van der Waals surface area contributed by atoms with Crippen molar-refractivity contribution in [3.8, 4) is 5.75 Å². The van der Waals surface area contributed by atoms with E-state index in [1.807, 2.05) is 0 Å². The largest absolute Gasteiger partial charge is 0.478 e. The normalized spacial score (nSPS) is 13.2. The molecule has 120 valence electrons. The van der Waals surface area contributed by atoms with Crippen LogP contribution in [-0.2, 0) is 4.79 Å². The van der Waals surface area contributed by atoms with Gasteiger partial charge in [-0.05, 0) is 61.9 Å². The van der Waals surface area contributed by atoms with Crippen LogP contribution in [0, 0.1) is 0 Å². The van der Waals surface area contributed by atoms with Gasteiger partial charge in [-0.15, -0.1) is 0 Å². The molecular weight excluding hydrogens is 316 g/mol. The van der Waals surface area contributed by atoms with Crippen LogP contribution in [-0.4, -0.2) is 22.5 Å². The van der Waals surface area contributed by atoms with Crippen molar-refractivity contribution in [2.45, 2.75) is 25.9 Å². The molecule has 0 spiro atoms. The topological polar surface area (TPSA) is 63.6 Å². The second-order valence-corrected chi connectivity index (χ2v) is 5.79. The fraction of sp³-hybridized carbons (Fsp3) is 0.222. The maximum Gasteiger partial charge on any atom is 0.347 e. The first-order valence-electron chi connectivity index (χ1n) is 7.18. The Balaban J connectivity index is 2.17. The molecule has 0 heterocycles. The Morgan fingerprint density at radius 1 is 1.04 bits per heavy atom. The quantitative estimate of drug-likeness (QED) is 0.805. The Bertz CT molecular complexity index is 707. The van der Waals surface area contributed by atoms with Crippen LogP contribution in [0.5, 0.6) is 5.75 Å². The van der Waals surface area contributed by atoms with Crippen LogP contribution in [0.25, 0.3) is 0 Å². The average molecular weight is 333 g/mol. The van der Waals surface area contributed by atoms with Crippen molar-refractivity contribution in [2.24, 2.45) is 0 Å². The Labute approximate surface area is 139 Å². The number of rotatable bonds is 6. The Morgan fingerprint density at radius 2 is 1.52 bits per heavy atom. The second-order valence-electron chi connectivity index (χ2n) is 5.35. The number of ether oxygens (including phenoxy) is 1. The fourth-order valence-corrected chi connectivity index (χ4v) is 2.10. The molecule has 0 bridgehead atoms. The number of halogens is 1. The lowest BCUT2D eigenvalue weighted by Crippen LogP contribution is -2.40. The number of carbonyl (C=O) groups excluding carboxylic acids is 1. The third-order valence-electron chi connectivity index (χ3n) is 3.69. The zero-order chi connectivity index (χ0) is 17.0. The minimum Gasteiger partial charge on any atom is -0.478 e. The molecule has 0 saturated heterocycles. The number of hydrogen-bond donors (Lipinski definition) is 1. The van der Waals surface area contributed by atoms with Gasteiger partial charge >= 0.3 is 5.97 Å². The van der Waals surface area contributed by atoms with E-state index in [4.69, 9.17) is 16.3 Å². The highest BCUT2D eigenvalue weighted by atomic mass is 35.5. The van der Waals surface area contributed by atoms with E-state index >= 15 is 0 Å². The molecule has 0 amide bonds. The molecular formula is C18H17ClO4. The minimum atomic E-state index is -1.29. The lowest BCUT2D eigenvalue weighted by atomic mass is 10.0. The summed E-state index contributed by atoms with van der Waals surface area (Å²) in [5.74, 6) is -0.754. The predicted octanol–water partition coefficient (Wildman–Crippen LogP) is 4.20. The summed E-state index contributed by atoms with van der Waals surface area (Å²) in [4.78, 5) is 23.6. The summed E-state index contributed by atoms with van der Waals surface area (Å²) in [5.41, 5.74) is -0.262. The van der Waals surface area contributed by atoms with E-state index in [1.165, 1.54) is 6.92 Å².